The predicted octanol–water partition coefficient (Wildman–Crippen LogP) is 3.17. The molecule has 0 saturated carbocycles. The second-order valence-corrected chi connectivity index (χ2v) is 6.36. The molecule has 6 heteroatoms. The van der Waals surface area contributed by atoms with Crippen molar-refractivity contribution in [2.75, 3.05) is 13.1 Å². The first-order valence-electron chi connectivity index (χ1n) is 8.37. The number of aliphatic imine (C=N–C) groups is 1. The van der Waals surface area contributed by atoms with Crippen LogP contribution in [0, 0.1) is 11.5 Å². The van der Waals surface area contributed by atoms with Gasteiger partial charge in [0.05, 0.1) is 5.70 Å². The highest BCUT2D eigenvalue weighted by atomic mass is 16.5. The van der Waals surface area contributed by atoms with E-state index in [2.05, 4.69) is 10.3 Å². The molecular formula is C19H24N4O2. The second kappa shape index (κ2) is 7.39. The molecule has 1 aromatic carbocycles. The summed E-state index contributed by atoms with van der Waals surface area (Å²) in [6.07, 6.45) is 3.75. The maximum atomic E-state index is 12.6. The highest BCUT2D eigenvalue weighted by molar-refractivity contribution is 5.96. The van der Waals surface area contributed by atoms with E-state index in [-0.39, 0.29) is 5.91 Å². The molecule has 0 aromatic heterocycles. The minimum absolute atomic E-state index is 0.0205. The minimum Gasteiger partial charge on any atom is -0.483 e. The fourth-order valence-corrected chi connectivity index (χ4v) is 2.75. The van der Waals surface area contributed by atoms with Crippen molar-refractivity contribution >= 4 is 17.4 Å². The van der Waals surface area contributed by atoms with Crippen molar-refractivity contribution in [1.82, 2.24) is 10.2 Å². The summed E-state index contributed by atoms with van der Waals surface area (Å²) in [5, 5.41) is 11.3. The van der Waals surface area contributed by atoms with E-state index in [4.69, 9.17) is 10.00 Å². The maximum Gasteiger partial charge on any atom is 0.253 e. The summed E-state index contributed by atoms with van der Waals surface area (Å²) in [6.45, 7) is 10.8. The zero-order valence-electron chi connectivity index (χ0n) is 15.4. The lowest BCUT2D eigenvalue weighted by atomic mass is 9.97. The molecule has 0 fully saturated rings. The molecule has 1 heterocycles. The Balaban J connectivity index is 2.50. The van der Waals surface area contributed by atoms with Crippen molar-refractivity contribution in [3.8, 4) is 11.9 Å². The largest absolute Gasteiger partial charge is 0.483 e. The number of amides is 1. The normalized spacial score (nSPS) is 15.4. The van der Waals surface area contributed by atoms with Gasteiger partial charge in [-0.05, 0) is 58.9 Å². The van der Waals surface area contributed by atoms with Crippen molar-refractivity contribution in [3.63, 3.8) is 0 Å². The third-order valence-electron chi connectivity index (χ3n) is 3.94. The fourth-order valence-electron chi connectivity index (χ4n) is 2.75. The molecule has 2 rings (SSSR count). The molecule has 0 spiro atoms. The standard InChI is InChI=1S/C19H24N4O2/c1-6-23(7-2)18(24)14-8-9-17-15(10-14)16(11-19(4,5)25-17)22-13(3)21-12-20/h8-11H,6-7H2,1-5H3,(H,21,22). The van der Waals surface area contributed by atoms with E-state index in [0.29, 0.717) is 35.9 Å². The SMILES string of the molecule is CCN(CC)C(=O)c1ccc2c(c1)C(N=C(C)NC#N)=CC(C)(C)O2. The number of amidine groups is 1. The van der Waals surface area contributed by atoms with Gasteiger partial charge in [-0.25, -0.2) is 4.99 Å². The Kier molecular flexibility index (Phi) is 5.48. The molecular weight excluding hydrogens is 316 g/mol. The van der Waals surface area contributed by atoms with Gasteiger partial charge in [0.1, 0.15) is 17.2 Å². The summed E-state index contributed by atoms with van der Waals surface area (Å²) < 4.78 is 5.98. The van der Waals surface area contributed by atoms with Gasteiger partial charge in [-0.3, -0.25) is 10.1 Å². The number of carbonyl (C=O) groups is 1. The van der Waals surface area contributed by atoms with Crippen LogP contribution in [0.3, 0.4) is 0 Å². The van der Waals surface area contributed by atoms with Gasteiger partial charge in [0.15, 0.2) is 6.19 Å². The zero-order valence-corrected chi connectivity index (χ0v) is 15.4. The number of carbonyl (C=O) groups excluding carboxylic acids is 1. The third-order valence-corrected chi connectivity index (χ3v) is 3.94. The molecule has 0 radical (unpaired) electrons. The van der Waals surface area contributed by atoms with Crippen LogP contribution < -0.4 is 10.1 Å². The number of hydrogen-bond donors (Lipinski definition) is 1. The Labute approximate surface area is 148 Å². The first kappa shape index (κ1) is 18.5. The predicted molar refractivity (Wildman–Crippen MR) is 98.2 cm³/mol. The van der Waals surface area contributed by atoms with Crippen LogP contribution in [0.4, 0.5) is 0 Å². The van der Waals surface area contributed by atoms with Gasteiger partial charge in [0.25, 0.3) is 5.91 Å². The summed E-state index contributed by atoms with van der Waals surface area (Å²) in [4.78, 5) is 18.9. The number of hydrogen-bond acceptors (Lipinski definition) is 4. The van der Waals surface area contributed by atoms with Gasteiger partial charge >= 0.3 is 0 Å². The van der Waals surface area contributed by atoms with Crippen molar-refractivity contribution in [2.24, 2.45) is 4.99 Å². The topological polar surface area (TPSA) is 77.7 Å². The number of nitrogens with one attached hydrogen (secondary N) is 1. The van der Waals surface area contributed by atoms with Gasteiger partial charge < -0.3 is 9.64 Å². The maximum absolute atomic E-state index is 12.6. The van der Waals surface area contributed by atoms with Gasteiger partial charge in [0, 0.05) is 24.2 Å². The van der Waals surface area contributed by atoms with Gasteiger partial charge in [0.2, 0.25) is 0 Å². The number of ether oxygens (including phenoxy) is 1. The quantitative estimate of drug-likeness (QED) is 0.395. The summed E-state index contributed by atoms with van der Waals surface area (Å²) in [7, 11) is 0. The van der Waals surface area contributed by atoms with Crippen molar-refractivity contribution in [3.05, 3.63) is 35.4 Å². The molecule has 1 amide bonds. The van der Waals surface area contributed by atoms with Crippen LogP contribution in [0.2, 0.25) is 0 Å². The van der Waals surface area contributed by atoms with E-state index < -0.39 is 5.60 Å². The van der Waals surface area contributed by atoms with E-state index in [1.165, 1.54) is 0 Å². The average Bonchev–Trinajstić information content (AvgIpc) is 2.54. The van der Waals surface area contributed by atoms with Crippen molar-refractivity contribution < 1.29 is 9.53 Å². The lowest BCUT2D eigenvalue weighted by Crippen LogP contribution is -2.31. The molecule has 1 N–H and O–H groups in total. The molecule has 1 aliphatic heterocycles. The molecule has 0 aliphatic carbocycles. The number of fused-ring (bicyclic) bond motifs is 1. The first-order chi connectivity index (χ1) is 11.8. The monoisotopic (exact) mass is 340 g/mol. The number of nitrogens with zero attached hydrogens (tertiary/aromatic N) is 3. The van der Waals surface area contributed by atoms with Crippen LogP contribution in [-0.2, 0) is 0 Å². The van der Waals surface area contributed by atoms with Crippen LogP contribution in [0.15, 0.2) is 29.3 Å². The highest BCUT2D eigenvalue weighted by Gasteiger charge is 2.28. The van der Waals surface area contributed by atoms with E-state index in [1.54, 1.807) is 24.0 Å². The van der Waals surface area contributed by atoms with Crippen molar-refractivity contribution in [1.29, 1.82) is 5.26 Å². The number of nitriles is 1. The van der Waals surface area contributed by atoms with Crippen LogP contribution in [0.25, 0.3) is 5.70 Å². The Hall–Kier alpha value is -2.81. The Morgan fingerprint density at radius 3 is 2.64 bits per heavy atom. The van der Waals surface area contributed by atoms with Crippen LogP contribution in [0.1, 0.15) is 50.5 Å². The van der Waals surface area contributed by atoms with Gasteiger partial charge in [-0.15, -0.1) is 0 Å². The smallest absolute Gasteiger partial charge is 0.253 e. The first-order valence-corrected chi connectivity index (χ1v) is 8.37. The van der Waals surface area contributed by atoms with Crippen molar-refractivity contribution in [2.45, 2.75) is 40.2 Å². The van der Waals surface area contributed by atoms with E-state index in [1.807, 2.05) is 46.0 Å². The van der Waals surface area contributed by atoms with E-state index >= 15 is 0 Å². The average molecular weight is 340 g/mol. The van der Waals surface area contributed by atoms with E-state index in [9.17, 15) is 4.79 Å². The molecule has 1 aliphatic rings. The van der Waals surface area contributed by atoms with E-state index in [0.717, 1.165) is 5.56 Å². The lowest BCUT2D eigenvalue weighted by Gasteiger charge is -2.30. The summed E-state index contributed by atoms with van der Waals surface area (Å²) >= 11 is 0. The third kappa shape index (κ3) is 4.18. The molecule has 0 bridgehead atoms. The lowest BCUT2D eigenvalue weighted by molar-refractivity contribution is 0.0773. The highest BCUT2D eigenvalue weighted by Crippen LogP contribution is 2.37. The number of benzene rings is 1. The Morgan fingerprint density at radius 1 is 1.36 bits per heavy atom. The zero-order chi connectivity index (χ0) is 18.6. The molecule has 0 saturated heterocycles. The molecule has 0 unspecified atom stereocenters. The van der Waals surface area contributed by atoms with Crippen LogP contribution in [-0.4, -0.2) is 35.3 Å². The van der Waals surface area contributed by atoms with Gasteiger partial charge in [-0.1, -0.05) is 0 Å². The molecule has 132 valence electrons. The summed E-state index contributed by atoms with van der Waals surface area (Å²) in [5.41, 5.74) is 1.50. The number of rotatable bonds is 4. The molecule has 6 nitrogen and oxygen atoms in total. The minimum atomic E-state index is -0.525. The second-order valence-electron chi connectivity index (χ2n) is 6.36. The van der Waals surface area contributed by atoms with Crippen LogP contribution in [0.5, 0.6) is 5.75 Å². The Morgan fingerprint density at radius 2 is 2.04 bits per heavy atom. The summed E-state index contributed by atoms with van der Waals surface area (Å²) in [5.74, 6) is 1.14. The Bertz CT molecular complexity index is 768. The molecule has 1 aromatic rings. The molecule has 0 atom stereocenters. The van der Waals surface area contributed by atoms with Gasteiger partial charge in [-0.2, -0.15) is 5.26 Å². The summed E-state index contributed by atoms with van der Waals surface area (Å²) in [6, 6.07) is 5.40. The molecule has 25 heavy (non-hydrogen) atoms. The van der Waals surface area contributed by atoms with Crippen LogP contribution >= 0.6 is 0 Å². The fraction of sp³-hybridized carbons (Fsp3) is 0.421.